The minimum atomic E-state index is 0.456. The van der Waals surface area contributed by atoms with E-state index in [1.165, 1.54) is 6.47 Å². The molecule has 0 aliphatic carbocycles. The van der Waals surface area contributed by atoms with Gasteiger partial charge in [-0.05, 0) is 19.1 Å². The molecule has 0 unspecified atom stereocenters. The molecule has 3 heteroatoms. The summed E-state index contributed by atoms with van der Waals surface area (Å²) in [4.78, 5) is 13.6. The highest BCUT2D eigenvalue weighted by atomic mass is 16.5. The third-order valence-corrected chi connectivity index (χ3v) is 1.11. The van der Waals surface area contributed by atoms with Gasteiger partial charge < -0.3 is 4.74 Å². The van der Waals surface area contributed by atoms with Crippen LogP contribution in [0.25, 0.3) is 0 Å². The quantitative estimate of drug-likeness (QED) is 0.604. The Morgan fingerprint density at radius 1 is 1.70 bits per heavy atom. The van der Waals surface area contributed by atoms with Crippen LogP contribution in [0.15, 0.2) is 18.3 Å². The van der Waals surface area contributed by atoms with Gasteiger partial charge in [-0.2, -0.15) is 0 Å². The van der Waals surface area contributed by atoms with Crippen LogP contribution in [0.5, 0.6) is 5.75 Å². The molecule has 0 saturated heterocycles. The second-order valence-electron chi connectivity index (χ2n) is 1.77. The molecule has 0 saturated carbocycles. The molecule has 0 amide bonds. The molecule has 0 aliphatic heterocycles. The SMILES string of the molecule is Cc1ncccc1O[C]=O. The molecule has 0 aliphatic rings. The molecule has 0 N–H and O–H groups in total. The van der Waals surface area contributed by atoms with Gasteiger partial charge in [0.2, 0.25) is 0 Å². The standard InChI is InChI=1S/C7H6NO2/c1-6-7(10-5-9)3-2-4-8-6/h2-4H,1H3. The van der Waals surface area contributed by atoms with E-state index in [9.17, 15) is 4.79 Å². The van der Waals surface area contributed by atoms with Gasteiger partial charge in [0.25, 0.3) is 0 Å². The fraction of sp³-hybridized carbons (Fsp3) is 0.143. The van der Waals surface area contributed by atoms with Crippen LogP contribution in [0.4, 0.5) is 0 Å². The van der Waals surface area contributed by atoms with Gasteiger partial charge in [0.1, 0.15) is 0 Å². The average Bonchev–Trinajstić information content (AvgIpc) is 1.94. The van der Waals surface area contributed by atoms with Crippen LogP contribution >= 0.6 is 0 Å². The zero-order chi connectivity index (χ0) is 7.40. The molecular weight excluding hydrogens is 130 g/mol. The lowest BCUT2D eigenvalue weighted by Crippen LogP contribution is -1.92. The van der Waals surface area contributed by atoms with Crippen molar-refractivity contribution in [3.05, 3.63) is 24.0 Å². The van der Waals surface area contributed by atoms with Crippen molar-refractivity contribution >= 4 is 6.47 Å². The molecule has 0 aromatic carbocycles. The zero-order valence-electron chi connectivity index (χ0n) is 5.50. The molecule has 0 fully saturated rings. The molecule has 0 spiro atoms. The Hall–Kier alpha value is -1.38. The van der Waals surface area contributed by atoms with Crippen molar-refractivity contribution < 1.29 is 9.53 Å². The molecule has 10 heavy (non-hydrogen) atoms. The lowest BCUT2D eigenvalue weighted by molar-refractivity contribution is 0.439. The molecule has 1 aromatic rings. The summed E-state index contributed by atoms with van der Waals surface area (Å²) in [5.41, 5.74) is 0.686. The Bertz CT molecular complexity index is 235. The van der Waals surface area contributed by atoms with Gasteiger partial charge in [-0.15, -0.1) is 0 Å². The van der Waals surface area contributed by atoms with Gasteiger partial charge in [-0.3, -0.25) is 4.98 Å². The number of hydrogen-bond acceptors (Lipinski definition) is 3. The average molecular weight is 136 g/mol. The third-order valence-electron chi connectivity index (χ3n) is 1.11. The molecule has 1 radical (unpaired) electrons. The van der Waals surface area contributed by atoms with E-state index in [1.807, 2.05) is 0 Å². The van der Waals surface area contributed by atoms with E-state index >= 15 is 0 Å². The molecule has 3 nitrogen and oxygen atoms in total. The van der Waals surface area contributed by atoms with Crippen LogP contribution < -0.4 is 4.74 Å². The number of nitrogens with zero attached hydrogens (tertiary/aromatic N) is 1. The maximum absolute atomic E-state index is 9.75. The first-order chi connectivity index (χ1) is 4.84. The summed E-state index contributed by atoms with van der Waals surface area (Å²) >= 11 is 0. The minimum Gasteiger partial charge on any atom is -0.416 e. The normalized spacial score (nSPS) is 8.90. The number of pyridine rings is 1. The number of aryl methyl sites for hydroxylation is 1. The lowest BCUT2D eigenvalue weighted by Gasteiger charge is -1.97. The molecule has 0 atom stereocenters. The Labute approximate surface area is 58.7 Å². The van der Waals surface area contributed by atoms with Crippen molar-refractivity contribution in [2.24, 2.45) is 0 Å². The number of aromatic nitrogens is 1. The van der Waals surface area contributed by atoms with E-state index in [0.29, 0.717) is 11.4 Å². The first-order valence-electron chi connectivity index (χ1n) is 2.80. The zero-order valence-corrected chi connectivity index (χ0v) is 5.50. The molecular formula is C7H6NO2. The Kier molecular flexibility index (Phi) is 1.99. The third kappa shape index (κ3) is 1.31. The Morgan fingerprint density at radius 3 is 3.10 bits per heavy atom. The summed E-state index contributed by atoms with van der Waals surface area (Å²) < 4.78 is 4.47. The molecule has 1 heterocycles. The summed E-state index contributed by atoms with van der Waals surface area (Å²) in [6, 6.07) is 3.35. The maximum Gasteiger partial charge on any atom is 0.423 e. The number of ether oxygens (including phenoxy) is 1. The van der Waals surface area contributed by atoms with Crippen LogP contribution in [0.1, 0.15) is 5.69 Å². The maximum atomic E-state index is 9.75. The minimum absolute atomic E-state index is 0.456. The largest absolute Gasteiger partial charge is 0.423 e. The first kappa shape index (κ1) is 6.74. The van der Waals surface area contributed by atoms with E-state index in [1.54, 1.807) is 25.3 Å². The molecule has 1 rings (SSSR count). The fourth-order valence-electron chi connectivity index (χ4n) is 0.622. The van der Waals surface area contributed by atoms with E-state index in [2.05, 4.69) is 9.72 Å². The number of carbonyl (C=O) groups excluding carboxylic acids is 1. The van der Waals surface area contributed by atoms with Gasteiger partial charge in [0.15, 0.2) is 5.75 Å². The summed E-state index contributed by atoms with van der Waals surface area (Å²) in [5, 5.41) is 0. The van der Waals surface area contributed by atoms with E-state index in [4.69, 9.17) is 0 Å². The predicted octanol–water partition coefficient (Wildman–Crippen LogP) is 0.836. The smallest absolute Gasteiger partial charge is 0.416 e. The second kappa shape index (κ2) is 2.96. The van der Waals surface area contributed by atoms with Crippen molar-refractivity contribution in [3.63, 3.8) is 0 Å². The molecule has 51 valence electrons. The van der Waals surface area contributed by atoms with Gasteiger partial charge >= 0.3 is 6.47 Å². The summed E-state index contributed by atoms with van der Waals surface area (Å²) in [5.74, 6) is 0.456. The monoisotopic (exact) mass is 136 g/mol. The second-order valence-corrected chi connectivity index (χ2v) is 1.77. The fourth-order valence-corrected chi connectivity index (χ4v) is 0.622. The van der Waals surface area contributed by atoms with Crippen molar-refractivity contribution in [1.29, 1.82) is 0 Å². The Morgan fingerprint density at radius 2 is 2.50 bits per heavy atom. The molecule has 1 aromatic heterocycles. The summed E-state index contributed by atoms with van der Waals surface area (Å²) in [6.45, 7) is 3.09. The van der Waals surface area contributed by atoms with Crippen molar-refractivity contribution in [3.8, 4) is 5.75 Å². The van der Waals surface area contributed by atoms with Gasteiger partial charge in [-0.1, -0.05) is 0 Å². The number of rotatable bonds is 2. The highest BCUT2D eigenvalue weighted by molar-refractivity contribution is 5.46. The van der Waals surface area contributed by atoms with Crippen molar-refractivity contribution in [2.45, 2.75) is 6.92 Å². The van der Waals surface area contributed by atoms with E-state index in [-0.39, 0.29) is 0 Å². The van der Waals surface area contributed by atoms with Gasteiger partial charge in [0, 0.05) is 6.20 Å². The van der Waals surface area contributed by atoms with E-state index in [0.717, 1.165) is 0 Å². The lowest BCUT2D eigenvalue weighted by atomic mass is 10.3. The topological polar surface area (TPSA) is 39.2 Å². The Balaban J connectivity index is 2.91. The number of hydrogen-bond donors (Lipinski definition) is 0. The van der Waals surface area contributed by atoms with Crippen molar-refractivity contribution in [1.82, 2.24) is 4.98 Å². The van der Waals surface area contributed by atoms with Gasteiger partial charge in [0.05, 0.1) is 5.69 Å². The highest BCUT2D eigenvalue weighted by Gasteiger charge is 1.96. The first-order valence-corrected chi connectivity index (χ1v) is 2.80. The van der Waals surface area contributed by atoms with Crippen LogP contribution in [-0.4, -0.2) is 11.5 Å². The van der Waals surface area contributed by atoms with Crippen LogP contribution in [0.2, 0.25) is 0 Å². The van der Waals surface area contributed by atoms with E-state index < -0.39 is 0 Å². The van der Waals surface area contributed by atoms with Crippen molar-refractivity contribution in [2.75, 3.05) is 0 Å². The van der Waals surface area contributed by atoms with Gasteiger partial charge in [-0.25, -0.2) is 4.79 Å². The highest BCUT2D eigenvalue weighted by Crippen LogP contribution is 2.11. The van der Waals surface area contributed by atoms with Crippen LogP contribution in [0.3, 0.4) is 0 Å². The molecule has 0 bridgehead atoms. The van der Waals surface area contributed by atoms with Crippen LogP contribution in [-0.2, 0) is 4.79 Å². The summed E-state index contributed by atoms with van der Waals surface area (Å²) in [7, 11) is 0. The predicted molar refractivity (Wildman–Crippen MR) is 35.3 cm³/mol. The summed E-state index contributed by atoms with van der Waals surface area (Å²) in [6.07, 6.45) is 1.63. The van der Waals surface area contributed by atoms with Crippen LogP contribution in [0, 0.1) is 6.92 Å².